The first kappa shape index (κ1) is 20.9. The van der Waals surface area contributed by atoms with E-state index in [1.165, 1.54) is 12.1 Å². The number of benzene rings is 2. The maximum absolute atomic E-state index is 13.7. The summed E-state index contributed by atoms with van der Waals surface area (Å²) in [6.07, 6.45) is 3.36. The molecule has 0 radical (unpaired) electrons. The summed E-state index contributed by atoms with van der Waals surface area (Å²) in [6, 6.07) is 13.9. The first-order chi connectivity index (χ1) is 15.4. The maximum Gasteiger partial charge on any atom is 0.318 e. The van der Waals surface area contributed by atoms with Gasteiger partial charge in [0.25, 0.3) is 0 Å². The Morgan fingerprint density at radius 1 is 1.22 bits per heavy atom. The summed E-state index contributed by atoms with van der Waals surface area (Å²) in [6.45, 7) is 3.20. The van der Waals surface area contributed by atoms with Crippen LogP contribution in [0.15, 0.2) is 48.5 Å². The van der Waals surface area contributed by atoms with Crippen molar-refractivity contribution in [3.8, 4) is 0 Å². The highest BCUT2D eigenvalue weighted by molar-refractivity contribution is 6.30. The lowest BCUT2D eigenvalue weighted by atomic mass is 10.1. The lowest BCUT2D eigenvalue weighted by Gasteiger charge is -2.28. The molecule has 5 rings (SSSR count). The minimum atomic E-state index is -0.473. The van der Waals surface area contributed by atoms with Gasteiger partial charge in [-0.15, -0.1) is 10.2 Å². The number of halogens is 2. The van der Waals surface area contributed by atoms with Gasteiger partial charge in [0.15, 0.2) is 5.82 Å². The fraction of sp³-hybridized carbons (Fsp3) is 0.375. The third-order valence-corrected chi connectivity index (χ3v) is 6.76. The zero-order valence-electron chi connectivity index (χ0n) is 17.9. The van der Waals surface area contributed by atoms with Gasteiger partial charge in [-0.25, -0.2) is 9.18 Å². The summed E-state index contributed by atoms with van der Waals surface area (Å²) >= 11 is 6.02. The molecule has 2 aliphatic rings. The quantitative estimate of drug-likeness (QED) is 0.593. The van der Waals surface area contributed by atoms with E-state index >= 15 is 0 Å². The molecule has 6 nitrogen and oxygen atoms in total. The first-order valence-corrected chi connectivity index (χ1v) is 11.3. The van der Waals surface area contributed by atoms with Crippen LogP contribution in [-0.4, -0.2) is 32.2 Å². The molecule has 0 spiro atoms. The number of nitrogens with zero attached hydrogens (tertiary/aromatic N) is 4. The van der Waals surface area contributed by atoms with E-state index in [0.717, 1.165) is 48.5 Å². The molecule has 1 atom stereocenters. The number of nitrogens with one attached hydrogen (secondary N) is 1. The summed E-state index contributed by atoms with van der Waals surface area (Å²) in [7, 11) is 0. The van der Waals surface area contributed by atoms with Crippen molar-refractivity contribution < 1.29 is 9.18 Å². The van der Waals surface area contributed by atoms with E-state index in [9.17, 15) is 9.18 Å². The largest absolute Gasteiger partial charge is 0.328 e. The van der Waals surface area contributed by atoms with Crippen molar-refractivity contribution in [2.24, 2.45) is 0 Å². The molecule has 1 saturated heterocycles. The molecule has 1 aliphatic heterocycles. The summed E-state index contributed by atoms with van der Waals surface area (Å²) in [5.41, 5.74) is 1.44. The van der Waals surface area contributed by atoms with Gasteiger partial charge in [-0.05, 0) is 68.0 Å². The van der Waals surface area contributed by atoms with Gasteiger partial charge in [0.2, 0.25) is 0 Å². The van der Waals surface area contributed by atoms with Crippen molar-refractivity contribution >= 4 is 17.6 Å². The molecule has 32 heavy (non-hydrogen) atoms. The van der Waals surface area contributed by atoms with E-state index in [2.05, 4.69) is 20.1 Å². The third-order valence-electron chi connectivity index (χ3n) is 6.50. The van der Waals surface area contributed by atoms with Gasteiger partial charge in [0.1, 0.15) is 11.6 Å². The Kier molecular flexibility index (Phi) is 5.37. The number of urea groups is 1. The van der Waals surface area contributed by atoms with Crippen molar-refractivity contribution in [2.75, 3.05) is 6.54 Å². The summed E-state index contributed by atoms with van der Waals surface area (Å²) in [5.74, 6) is 1.31. The minimum Gasteiger partial charge on any atom is -0.328 e. The Bertz CT molecular complexity index is 1140. The number of aryl methyl sites for hydroxylation is 1. The van der Waals surface area contributed by atoms with Gasteiger partial charge < -0.3 is 14.8 Å². The van der Waals surface area contributed by atoms with E-state index in [1.54, 1.807) is 6.07 Å². The Morgan fingerprint density at radius 2 is 2.00 bits per heavy atom. The van der Waals surface area contributed by atoms with E-state index in [4.69, 9.17) is 11.6 Å². The molecule has 0 unspecified atom stereocenters. The Hall–Kier alpha value is -2.93. The molecular formula is C24H25ClFN5O. The number of aromatic nitrogens is 3. The van der Waals surface area contributed by atoms with E-state index in [-0.39, 0.29) is 17.9 Å². The highest BCUT2D eigenvalue weighted by Gasteiger charge is 2.47. The zero-order chi connectivity index (χ0) is 22.3. The van der Waals surface area contributed by atoms with Gasteiger partial charge in [-0.1, -0.05) is 35.9 Å². The van der Waals surface area contributed by atoms with E-state index in [0.29, 0.717) is 18.1 Å². The van der Waals surface area contributed by atoms with Crippen molar-refractivity contribution in [3.63, 3.8) is 0 Å². The van der Waals surface area contributed by atoms with E-state index in [1.807, 2.05) is 42.2 Å². The molecule has 2 aromatic carbocycles. The molecule has 1 saturated carbocycles. The van der Waals surface area contributed by atoms with Crippen LogP contribution < -0.4 is 5.32 Å². The van der Waals surface area contributed by atoms with Gasteiger partial charge >= 0.3 is 6.03 Å². The summed E-state index contributed by atoms with van der Waals surface area (Å²) < 4.78 is 15.8. The predicted molar refractivity (Wildman–Crippen MR) is 120 cm³/mol. The van der Waals surface area contributed by atoms with Crippen LogP contribution in [0.3, 0.4) is 0 Å². The topological polar surface area (TPSA) is 63.1 Å². The first-order valence-electron chi connectivity index (χ1n) is 10.9. The van der Waals surface area contributed by atoms with Crippen LogP contribution in [0.2, 0.25) is 5.02 Å². The van der Waals surface area contributed by atoms with Gasteiger partial charge in [0.05, 0.1) is 18.1 Å². The molecule has 2 amide bonds. The summed E-state index contributed by atoms with van der Waals surface area (Å²) in [5, 5.41) is 12.6. The molecule has 3 aromatic rings. The number of likely N-dealkylation sites (tertiary alicyclic amines) is 1. The average molecular weight is 454 g/mol. The van der Waals surface area contributed by atoms with Crippen LogP contribution in [0.4, 0.5) is 9.18 Å². The van der Waals surface area contributed by atoms with Crippen molar-refractivity contribution in [3.05, 3.63) is 82.1 Å². The Morgan fingerprint density at radius 3 is 2.72 bits per heavy atom. The minimum absolute atomic E-state index is 0.132. The standard InChI is InChI=1S/C24H25ClFN5O/c1-16-28-29-22(31(16)15-17-7-9-19(25)10-8-17)21-6-3-13-30(21)23(32)27-24(11-12-24)18-4-2-5-20(26)14-18/h2,4-5,7-10,14,21H,3,6,11-13,15H2,1H3,(H,27,32)/t21-/m1/s1. The number of carbonyl (C=O) groups excluding carboxylic acids is 1. The van der Waals surface area contributed by atoms with Crippen molar-refractivity contribution in [1.82, 2.24) is 25.0 Å². The van der Waals surface area contributed by atoms with Crippen LogP contribution in [0.5, 0.6) is 0 Å². The SMILES string of the molecule is Cc1nnc([C@H]2CCCN2C(=O)NC2(c3cccc(F)c3)CC2)n1Cc1ccc(Cl)cc1. The fourth-order valence-electron chi connectivity index (χ4n) is 4.56. The Balaban J connectivity index is 1.36. The zero-order valence-corrected chi connectivity index (χ0v) is 18.6. The smallest absolute Gasteiger partial charge is 0.318 e. The normalized spacial score (nSPS) is 19.2. The molecule has 2 heterocycles. The number of hydrogen-bond acceptors (Lipinski definition) is 3. The van der Waals surface area contributed by atoms with Gasteiger partial charge in [-0.2, -0.15) is 0 Å². The second-order valence-corrected chi connectivity index (χ2v) is 9.13. The Labute approximate surface area is 191 Å². The average Bonchev–Trinajstić information content (AvgIpc) is 3.23. The predicted octanol–water partition coefficient (Wildman–Crippen LogP) is 4.96. The maximum atomic E-state index is 13.7. The van der Waals surface area contributed by atoms with Crippen molar-refractivity contribution in [2.45, 2.75) is 50.7 Å². The number of rotatable bonds is 5. The van der Waals surface area contributed by atoms with Crippen LogP contribution in [0.25, 0.3) is 0 Å². The number of amides is 2. The second-order valence-electron chi connectivity index (χ2n) is 8.69. The summed E-state index contributed by atoms with van der Waals surface area (Å²) in [4.78, 5) is 15.2. The lowest BCUT2D eigenvalue weighted by molar-refractivity contribution is 0.184. The van der Waals surface area contributed by atoms with E-state index < -0.39 is 5.54 Å². The molecule has 2 fully saturated rings. The molecule has 1 aliphatic carbocycles. The highest BCUT2D eigenvalue weighted by Crippen LogP contribution is 2.46. The van der Waals surface area contributed by atoms with Gasteiger partial charge in [0, 0.05) is 11.6 Å². The monoisotopic (exact) mass is 453 g/mol. The number of hydrogen-bond donors (Lipinski definition) is 1. The molecule has 1 aromatic heterocycles. The van der Waals surface area contributed by atoms with Crippen LogP contribution in [-0.2, 0) is 12.1 Å². The van der Waals surface area contributed by atoms with Gasteiger partial charge in [-0.3, -0.25) is 0 Å². The fourth-order valence-corrected chi connectivity index (χ4v) is 4.69. The number of carbonyl (C=O) groups is 1. The molecule has 166 valence electrons. The van der Waals surface area contributed by atoms with Crippen LogP contribution in [0, 0.1) is 12.7 Å². The van der Waals surface area contributed by atoms with Crippen molar-refractivity contribution in [1.29, 1.82) is 0 Å². The lowest BCUT2D eigenvalue weighted by Crippen LogP contribution is -2.45. The molecule has 0 bridgehead atoms. The molecular weight excluding hydrogens is 429 g/mol. The second kappa shape index (κ2) is 8.20. The van der Waals surface area contributed by atoms with Crippen LogP contribution in [0.1, 0.15) is 54.5 Å². The highest BCUT2D eigenvalue weighted by atomic mass is 35.5. The van der Waals surface area contributed by atoms with Crippen LogP contribution >= 0.6 is 11.6 Å². The molecule has 8 heteroatoms. The molecule has 1 N–H and O–H groups in total. The third kappa shape index (κ3) is 3.97.